The minimum atomic E-state index is -0.968. The summed E-state index contributed by atoms with van der Waals surface area (Å²) in [6, 6.07) is 0. The molecule has 0 bridgehead atoms. The smallest absolute Gasteiger partial charge is 0.313 e. The number of ketones is 1. The van der Waals surface area contributed by atoms with Crippen molar-refractivity contribution in [3.8, 4) is 0 Å². The van der Waals surface area contributed by atoms with E-state index in [1.165, 1.54) is 21.3 Å². The van der Waals surface area contributed by atoms with Crippen LogP contribution in [0.2, 0.25) is 0 Å². The van der Waals surface area contributed by atoms with E-state index in [1.807, 2.05) is 0 Å². The van der Waals surface area contributed by atoms with E-state index in [-0.39, 0.29) is 6.54 Å². The van der Waals surface area contributed by atoms with Crippen molar-refractivity contribution < 1.29 is 23.8 Å². The van der Waals surface area contributed by atoms with E-state index in [0.29, 0.717) is 0 Å². The Hall–Kier alpha value is -1.63. The van der Waals surface area contributed by atoms with Gasteiger partial charge in [0.15, 0.2) is 5.78 Å². The summed E-state index contributed by atoms with van der Waals surface area (Å²) < 4.78 is 14.3. The van der Waals surface area contributed by atoms with Crippen LogP contribution in [0.5, 0.6) is 0 Å². The van der Waals surface area contributed by atoms with Gasteiger partial charge in [0.2, 0.25) is 0 Å². The van der Waals surface area contributed by atoms with Gasteiger partial charge in [-0.1, -0.05) is 5.11 Å². The number of hydrogen-bond acceptors (Lipinski definition) is 6. The molecule has 0 saturated carbocycles. The molecule has 0 aliphatic carbocycles. The van der Waals surface area contributed by atoms with Crippen molar-refractivity contribution in [2.45, 2.75) is 18.6 Å². The molecule has 8 nitrogen and oxygen atoms in total. The predicted molar refractivity (Wildman–Crippen MR) is 57.2 cm³/mol. The lowest BCUT2D eigenvalue weighted by Gasteiger charge is -2.21. The largest absolute Gasteiger partial charge is 0.469 e. The van der Waals surface area contributed by atoms with E-state index in [2.05, 4.69) is 14.8 Å². The van der Waals surface area contributed by atoms with Crippen LogP contribution in [0.3, 0.4) is 0 Å². The quantitative estimate of drug-likeness (QED) is 0.203. The van der Waals surface area contributed by atoms with Gasteiger partial charge >= 0.3 is 5.97 Å². The average molecular weight is 245 g/mol. The number of carbonyl (C=O) groups is 2. The van der Waals surface area contributed by atoms with Gasteiger partial charge in [-0.3, -0.25) is 9.59 Å². The molecule has 0 heterocycles. The topological polar surface area (TPSA) is 111 Å². The third kappa shape index (κ3) is 5.30. The molecule has 2 atom stereocenters. The Morgan fingerprint density at radius 3 is 2.35 bits per heavy atom. The van der Waals surface area contributed by atoms with E-state index in [0.717, 1.165) is 0 Å². The lowest BCUT2D eigenvalue weighted by atomic mass is 10.1. The molecule has 0 spiro atoms. The minimum Gasteiger partial charge on any atom is -0.469 e. The van der Waals surface area contributed by atoms with Gasteiger partial charge < -0.3 is 14.2 Å². The first-order chi connectivity index (χ1) is 8.10. The molecule has 0 aliphatic rings. The minimum absolute atomic E-state index is 0.0571. The van der Waals surface area contributed by atoms with Crippen LogP contribution in [0.25, 0.3) is 10.4 Å². The number of methoxy groups -OCH3 is 3. The van der Waals surface area contributed by atoms with E-state index < -0.39 is 30.4 Å². The van der Waals surface area contributed by atoms with E-state index >= 15 is 0 Å². The maximum atomic E-state index is 11.7. The Kier molecular flexibility index (Phi) is 7.70. The molecule has 0 aromatic carbocycles. The molecule has 0 saturated heterocycles. The molecule has 0 rings (SSSR count). The summed E-state index contributed by atoms with van der Waals surface area (Å²) >= 11 is 0. The summed E-state index contributed by atoms with van der Waals surface area (Å²) in [4.78, 5) is 25.2. The van der Waals surface area contributed by atoms with E-state index in [4.69, 9.17) is 15.0 Å². The lowest BCUT2D eigenvalue weighted by Crippen LogP contribution is -2.40. The van der Waals surface area contributed by atoms with Crippen molar-refractivity contribution in [1.82, 2.24) is 0 Å². The molecule has 0 aliphatic heterocycles. The highest BCUT2D eigenvalue weighted by atomic mass is 16.5. The Morgan fingerprint density at radius 1 is 1.29 bits per heavy atom. The van der Waals surface area contributed by atoms with Crippen LogP contribution in [0.1, 0.15) is 6.42 Å². The molecule has 0 aromatic heterocycles. The van der Waals surface area contributed by atoms with Gasteiger partial charge in [0.05, 0.1) is 19.8 Å². The molecular formula is C9H15N3O5. The molecule has 0 aromatic rings. The van der Waals surface area contributed by atoms with Crippen LogP contribution >= 0.6 is 0 Å². The Morgan fingerprint density at radius 2 is 1.94 bits per heavy atom. The third-order valence-corrected chi connectivity index (χ3v) is 2.08. The van der Waals surface area contributed by atoms with Crippen molar-refractivity contribution in [2.24, 2.45) is 5.11 Å². The molecule has 0 amide bonds. The summed E-state index contributed by atoms with van der Waals surface area (Å²) in [6.07, 6.45) is -2.11. The maximum Gasteiger partial charge on any atom is 0.313 e. The van der Waals surface area contributed by atoms with Crippen LogP contribution in [-0.4, -0.2) is 51.8 Å². The monoisotopic (exact) mass is 245 g/mol. The first-order valence-corrected chi connectivity index (χ1v) is 4.76. The first-order valence-electron chi connectivity index (χ1n) is 4.76. The van der Waals surface area contributed by atoms with Crippen LogP contribution < -0.4 is 0 Å². The van der Waals surface area contributed by atoms with Gasteiger partial charge in [0, 0.05) is 19.1 Å². The van der Waals surface area contributed by atoms with Crippen molar-refractivity contribution in [3.05, 3.63) is 10.4 Å². The zero-order valence-corrected chi connectivity index (χ0v) is 9.95. The van der Waals surface area contributed by atoms with Gasteiger partial charge in [-0.25, -0.2) is 0 Å². The standard InChI is InChI=1S/C9H15N3O5/c1-15-7(5-11-12-10)9(17-3)6(13)4-8(14)16-2/h7,9H,4-5H2,1-3H3/t7-,9-/m1/s1. The normalized spacial score (nSPS) is 13.4. The predicted octanol–water partition coefficient (Wildman–Crippen LogP) is 0.459. The highest BCUT2D eigenvalue weighted by Gasteiger charge is 2.29. The molecule has 8 heteroatoms. The fraction of sp³-hybridized carbons (Fsp3) is 0.778. The second-order valence-electron chi connectivity index (χ2n) is 3.06. The zero-order valence-electron chi connectivity index (χ0n) is 9.95. The number of Topliss-reactive ketones (excluding diaryl/α,β-unsaturated/α-hetero) is 1. The van der Waals surface area contributed by atoms with E-state index in [9.17, 15) is 9.59 Å². The number of hydrogen-bond donors (Lipinski definition) is 0. The number of esters is 1. The second-order valence-corrected chi connectivity index (χ2v) is 3.06. The highest BCUT2D eigenvalue weighted by Crippen LogP contribution is 2.08. The molecular weight excluding hydrogens is 230 g/mol. The third-order valence-electron chi connectivity index (χ3n) is 2.08. The molecule has 0 radical (unpaired) electrons. The van der Waals surface area contributed by atoms with Crippen LogP contribution in [0, 0.1) is 0 Å². The second kappa shape index (κ2) is 8.51. The lowest BCUT2D eigenvalue weighted by molar-refractivity contribution is -0.148. The van der Waals surface area contributed by atoms with Gasteiger partial charge in [-0.05, 0) is 5.53 Å². The van der Waals surface area contributed by atoms with Gasteiger partial charge in [0.1, 0.15) is 12.5 Å². The number of azide groups is 1. The summed E-state index contributed by atoms with van der Waals surface area (Å²) in [5.41, 5.74) is 8.19. The summed E-state index contributed by atoms with van der Waals surface area (Å²) in [7, 11) is 3.85. The SMILES string of the molecule is COC(=O)CC(=O)[C@@H](OC)[C@@H](CN=[N+]=[N-])OC. The van der Waals surface area contributed by atoms with E-state index in [1.54, 1.807) is 0 Å². The summed E-state index contributed by atoms with van der Waals surface area (Å²) in [5, 5.41) is 3.30. The average Bonchev–Trinajstić information content (AvgIpc) is 2.33. The summed E-state index contributed by atoms with van der Waals surface area (Å²) in [6.45, 7) is -0.0571. The number of nitrogens with zero attached hydrogens (tertiary/aromatic N) is 3. The Bertz CT molecular complexity index is 314. The zero-order chi connectivity index (χ0) is 13.3. The summed E-state index contributed by atoms with van der Waals surface area (Å²) in [5.74, 6) is -1.14. The van der Waals surface area contributed by atoms with Gasteiger partial charge in [0.25, 0.3) is 0 Å². The fourth-order valence-electron chi connectivity index (χ4n) is 1.22. The fourth-order valence-corrected chi connectivity index (χ4v) is 1.22. The highest BCUT2D eigenvalue weighted by molar-refractivity contribution is 5.98. The van der Waals surface area contributed by atoms with Crippen molar-refractivity contribution >= 4 is 11.8 Å². The number of carbonyl (C=O) groups excluding carboxylic acids is 2. The van der Waals surface area contributed by atoms with Crippen molar-refractivity contribution in [1.29, 1.82) is 0 Å². The van der Waals surface area contributed by atoms with Crippen molar-refractivity contribution in [3.63, 3.8) is 0 Å². The van der Waals surface area contributed by atoms with Gasteiger partial charge in [-0.15, -0.1) is 0 Å². The van der Waals surface area contributed by atoms with Crippen molar-refractivity contribution in [2.75, 3.05) is 27.9 Å². The van der Waals surface area contributed by atoms with Crippen LogP contribution in [-0.2, 0) is 23.8 Å². The molecule has 17 heavy (non-hydrogen) atoms. The van der Waals surface area contributed by atoms with Gasteiger partial charge in [-0.2, -0.15) is 0 Å². The first kappa shape index (κ1) is 15.4. The maximum absolute atomic E-state index is 11.7. The Balaban J connectivity index is 4.60. The molecule has 96 valence electrons. The molecule has 0 N–H and O–H groups in total. The molecule has 0 unspecified atom stereocenters. The number of rotatable bonds is 8. The molecule has 0 fully saturated rings. The Labute approximate surface area is 98.5 Å². The van der Waals surface area contributed by atoms with Crippen LogP contribution in [0.15, 0.2) is 5.11 Å². The number of ether oxygens (including phenoxy) is 3. The van der Waals surface area contributed by atoms with Crippen LogP contribution in [0.4, 0.5) is 0 Å².